The van der Waals surface area contributed by atoms with Gasteiger partial charge in [0.05, 0.1) is 17.6 Å². The zero-order valence-electron chi connectivity index (χ0n) is 11.7. The number of rotatable bonds is 3. The fourth-order valence-corrected chi connectivity index (χ4v) is 2.31. The van der Waals surface area contributed by atoms with E-state index in [-0.39, 0.29) is 5.54 Å². The average Bonchev–Trinajstić information content (AvgIpc) is 2.72. The Kier molecular flexibility index (Phi) is 4.06. The second kappa shape index (κ2) is 5.43. The number of halogens is 1. The summed E-state index contributed by atoms with van der Waals surface area (Å²) in [5, 5.41) is 11.8. The van der Waals surface area contributed by atoms with Crippen molar-refractivity contribution < 1.29 is 0 Å². The summed E-state index contributed by atoms with van der Waals surface area (Å²) in [6, 6.07) is 6.19. The van der Waals surface area contributed by atoms with E-state index in [1.807, 2.05) is 12.3 Å². The molecule has 2 rings (SSSR count). The van der Waals surface area contributed by atoms with Crippen LogP contribution in [0.4, 0.5) is 0 Å². The molecular formula is C14H19BrN4. The highest BCUT2D eigenvalue weighted by Crippen LogP contribution is 2.18. The van der Waals surface area contributed by atoms with Gasteiger partial charge in [0.15, 0.2) is 0 Å². The minimum Gasteiger partial charge on any atom is -0.306 e. The lowest BCUT2D eigenvalue weighted by molar-refractivity contribution is 0.421. The molecule has 2 aromatic rings. The fourth-order valence-electron chi connectivity index (χ4n) is 1.71. The highest BCUT2D eigenvalue weighted by molar-refractivity contribution is 9.10. The molecular weight excluding hydrogens is 304 g/mol. The maximum atomic E-state index is 4.19. The number of nitrogens with zero attached hydrogens (tertiary/aromatic N) is 3. The molecule has 0 aliphatic carbocycles. The van der Waals surface area contributed by atoms with Crippen molar-refractivity contribution in [3.63, 3.8) is 0 Å². The fraction of sp³-hybridized carbons (Fsp3) is 0.429. The van der Waals surface area contributed by atoms with Crippen LogP contribution in [0.1, 0.15) is 32.0 Å². The molecule has 0 fully saturated rings. The predicted molar refractivity (Wildman–Crippen MR) is 80.4 cm³/mol. The van der Waals surface area contributed by atoms with E-state index >= 15 is 0 Å². The van der Waals surface area contributed by atoms with Gasteiger partial charge in [-0.3, -0.25) is 0 Å². The van der Waals surface area contributed by atoms with E-state index in [0.29, 0.717) is 0 Å². The van der Waals surface area contributed by atoms with Gasteiger partial charge in [-0.25, -0.2) is 4.68 Å². The van der Waals surface area contributed by atoms with Crippen molar-refractivity contribution >= 4 is 15.9 Å². The number of hydrogen-bond donors (Lipinski definition) is 1. The molecule has 0 saturated carbocycles. The van der Waals surface area contributed by atoms with Crippen LogP contribution in [0.5, 0.6) is 0 Å². The molecule has 1 aromatic heterocycles. The van der Waals surface area contributed by atoms with E-state index in [1.165, 1.54) is 5.56 Å². The summed E-state index contributed by atoms with van der Waals surface area (Å²) in [5.74, 6) is 0. The van der Waals surface area contributed by atoms with Crippen molar-refractivity contribution in [1.29, 1.82) is 0 Å². The molecule has 1 heterocycles. The van der Waals surface area contributed by atoms with Crippen LogP contribution in [0.25, 0.3) is 5.69 Å². The Hall–Kier alpha value is -1.20. The summed E-state index contributed by atoms with van der Waals surface area (Å²) in [6.07, 6.45) is 1.96. The zero-order chi connectivity index (χ0) is 14.0. The van der Waals surface area contributed by atoms with Crippen LogP contribution in [0, 0.1) is 6.92 Å². The van der Waals surface area contributed by atoms with Crippen LogP contribution < -0.4 is 5.32 Å². The topological polar surface area (TPSA) is 42.7 Å². The molecule has 0 radical (unpaired) electrons. The summed E-state index contributed by atoms with van der Waals surface area (Å²) in [7, 11) is 0. The minimum atomic E-state index is 0.0795. The molecule has 0 bridgehead atoms. The molecule has 0 unspecified atom stereocenters. The second-order valence-electron chi connectivity index (χ2n) is 5.74. The number of aryl methyl sites for hydroxylation is 1. The third-order valence-corrected chi connectivity index (χ3v) is 3.09. The number of benzene rings is 1. The summed E-state index contributed by atoms with van der Waals surface area (Å²) in [5.41, 5.74) is 3.22. The molecule has 0 spiro atoms. The highest BCUT2D eigenvalue weighted by Gasteiger charge is 2.10. The van der Waals surface area contributed by atoms with Crippen molar-refractivity contribution in [2.24, 2.45) is 0 Å². The van der Waals surface area contributed by atoms with Gasteiger partial charge in [0.1, 0.15) is 0 Å². The second-order valence-corrected chi connectivity index (χ2v) is 6.66. The molecule has 4 nitrogen and oxygen atoms in total. The van der Waals surface area contributed by atoms with E-state index in [4.69, 9.17) is 0 Å². The third-order valence-electron chi connectivity index (χ3n) is 2.63. The van der Waals surface area contributed by atoms with E-state index in [2.05, 4.69) is 71.4 Å². The number of hydrogen-bond acceptors (Lipinski definition) is 3. The monoisotopic (exact) mass is 322 g/mol. The van der Waals surface area contributed by atoms with Gasteiger partial charge in [-0.2, -0.15) is 0 Å². The van der Waals surface area contributed by atoms with E-state index in [0.717, 1.165) is 22.4 Å². The van der Waals surface area contributed by atoms with Crippen LogP contribution >= 0.6 is 15.9 Å². The van der Waals surface area contributed by atoms with Gasteiger partial charge in [0.25, 0.3) is 0 Å². The van der Waals surface area contributed by atoms with Gasteiger partial charge in [0.2, 0.25) is 0 Å². The van der Waals surface area contributed by atoms with Gasteiger partial charge >= 0.3 is 0 Å². The Morgan fingerprint density at radius 2 is 2.00 bits per heavy atom. The first-order valence-electron chi connectivity index (χ1n) is 6.27. The van der Waals surface area contributed by atoms with Crippen molar-refractivity contribution in [1.82, 2.24) is 20.3 Å². The van der Waals surface area contributed by atoms with Crippen molar-refractivity contribution in [3.05, 3.63) is 40.1 Å². The molecule has 102 valence electrons. The van der Waals surface area contributed by atoms with Crippen molar-refractivity contribution in [2.75, 3.05) is 0 Å². The molecule has 0 atom stereocenters. The average molecular weight is 323 g/mol. The van der Waals surface area contributed by atoms with Gasteiger partial charge in [-0.1, -0.05) is 21.1 Å². The third kappa shape index (κ3) is 4.14. The van der Waals surface area contributed by atoms with Crippen LogP contribution in [0.3, 0.4) is 0 Å². The maximum Gasteiger partial charge on any atom is 0.0969 e. The van der Waals surface area contributed by atoms with Gasteiger partial charge < -0.3 is 5.32 Å². The van der Waals surface area contributed by atoms with E-state index in [9.17, 15) is 0 Å². The SMILES string of the molecule is Cc1cc(Br)cc(-n2cc(CNC(C)(C)C)nn2)c1. The maximum absolute atomic E-state index is 4.19. The molecule has 5 heteroatoms. The van der Waals surface area contributed by atoms with Crippen LogP contribution in [-0.2, 0) is 6.54 Å². The molecule has 1 aromatic carbocycles. The lowest BCUT2D eigenvalue weighted by Gasteiger charge is -2.19. The summed E-state index contributed by atoms with van der Waals surface area (Å²) in [6.45, 7) is 9.18. The Morgan fingerprint density at radius 3 is 2.63 bits per heavy atom. The summed E-state index contributed by atoms with van der Waals surface area (Å²) >= 11 is 3.50. The quantitative estimate of drug-likeness (QED) is 0.943. The molecule has 0 saturated heterocycles. The number of aromatic nitrogens is 3. The first-order chi connectivity index (χ1) is 8.83. The van der Waals surface area contributed by atoms with E-state index < -0.39 is 0 Å². The largest absolute Gasteiger partial charge is 0.306 e. The normalized spacial score (nSPS) is 11.8. The molecule has 0 amide bonds. The first-order valence-corrected chi connectivity index (χ1v) is 7.07. The summed E-state index contributed by atoms with van der Waals surface area (Å²) in [4.78, 5) is 0. The lowest BCUT2D eigenvalue weighted by Crippen LogP contribution is -2.35. The van der Waals surface area contributed by atoms with Crippen LogP contribution in [0.15, 0.2) is 28.9 Å². The first kappa shape index (κ1) is 14.2. The van der Waals surface area contributed by atoms with Gasteiger partial charge in [-0.05, 0) is 51.5 Å². The smallest absolute Gasteiger partial charge is 0.0969 e. The Bertz CT molecular complexity index is 549. The Balaban J connectivity index is 2.16. The lowest BCUT2D eigenvalue weighted by atomic mass is 10.1. The minimum absolute atomic E-state index is 0.0795. The molecule has 19 heavy (non-hydrogen) atoms. The van der Waals surface area contributed by atoms with Crippen LogP contribution in [0.2, 0.25) is 0 Å². The zero-order valence-corrected chi connectivity index (χ0v) is 13.3. The van der Waals surface area contributed by atoms with E-state index in [1.54, 1.807) is 4.68 Å². The van der Waals surface area contributed by atoms with Crippen molar-refractivity contribution in [2.45, 2.75) is 39.8 Å². The highest BCUT2D eigenvalue weighted by atomic mass is 79.9. The predicted octanol–water partition coefficient (Wildman–Crippen LogP) is 3.23. The summed E-state index contributed by atoms with van der Waals surface area (Å²) < 4.78 is 2.85. The van der Waals surface area contributed by atoms with Gasteiger partial charge in [-0.15, -0.1) is 5.10 Å². The molecule has 0 aliphatic heterocycles. The van der Waals surface area contributed by atoms with Gasteiger partial charge in [0, 0.05) is 16.6 Å². The Labute approximate surface area is 122 Å². The Morgan fingerprint density at radius 1 is 1.26 bits per heavy atom. The van der Waals surface area contributed by atoms with Crippen LogP contribution in [-0.4, -0.2) is 20.5 Å². The molecule has 1 N–H and O–H groups in total. The number of nitrogens with one attached hydrogen (secondary N) is 1. The molecule has 0 aliphatic rings. The standard InChI is InChI=1S/C14H19BrN4/c1-10-5-11(15)7-13(6-10)19-9-12(17-18-19)8-16-14(2,3)4/h5-7,9,16H,8H2,1-4H3. The van der Waals surface area contributed by atoms with Crippen molar-refractivity contribution in [3.8, 4) is 5.69 Å².